The Morgan fingerprint density at radius 1 is 1.45 bits per heavy atom. The Balaban J connectivity index is 1.93. The quantitative estimate of drug-likeness (QED) is 0.892. The maximum atomic E-state index is 11.8. The first-order valence-corrected chi connectivity index (χ1v) is 7.26. The van der Waals surface area contributed by atoms with Gasteiger partial charge in [-0.15, -0.1) is 0 Å². The average molecular weight is 277 g/mol. The largest absolute Gasteiger partial charge is 0.381 e. The minimum atomic E-state index is -0.0519. The van der Waals surface area contributed by atoms with E-state index in [0.29, 0.717) is 18.2 Å². The van der Waals surface area contributed by atoms with E-state index in [1.54, 1.807) is 13.3 Å². The summed E-state index contributed by atoms with van der Waals surface area (Å²) < 4.78 is 5.36. The molecule has 0 atom stereocenters. The molecule has 0 spiro atoms. The second-order valence-electron chi connectivity index (χ2n) is 5.08. The molecule has 0 unspecified atom stereocenters. The molecule has 1 fully saturated rings. The molecule has 2 rings (SSSR count). The first kappa shape index (κ1) is 14.8. The van der Waals surface area contributed by atoms with Gasteiger partial charge in [0, 0.05) is 32.9 Å². The minimum absolute atomic E-state index is 0.0519. The Hall–Kier alpha value is -1.62. The number of hydrogen-bond acceptors (Lipinski definition) is 4. The van der Waals surface area contributed by atoms with Crippen molar-refractivity contribution in [1.82, 2.24) is 10.3 Å². The zero-order valence-electron chi connectivity index (χ0n) is 12.3. The van der Waals surface area contributed by atoms with Gasteiger partial charge in [-0.25, -0.2) is 4.98 Å². The van der Waals surface area contributed by atoms with E-state index < -0.39 is 0 Å². The molecule has 0 saturated carbocycles. The van der Waals surface area contributed by atoms with Crippen molar-refractivity contribution < 1.29 is 9.53 Å². The molecule has 20 heavy (non-hydrogen) atoms. The minimum Gasteiger partial charge on any atom is -0.381 e. The lowest BCUT2D eigenvalue weighted by molar-refractivity contribution is 0.0818. The number of hydrogen-bond donors (Lipinski definition) is 1. The lowest BCUT2D eigenvalue weighted by Crippen LogP contribution is -2.37. The number of nitrogens with one attached hydrogen (secondary N) is 1. The number of aromatic nitrogens is 1. The van der Waals surface area contributed by atoms with E-state index >= 15 is 0 Å². The molecule has 1 amide bonds. The van der Waals surface area contributed by atoms with E-state index in [-0.39, 0.29) is 5.91 Å². The summed E-state index contributed by atoms with van der Waals surface area (Å²) in [5.74, 6) is 0.885. The van der Waals surface area contributed by atoms with E-state index in [0.717, 1.165) is 38.2 Å². The molecule has 0 radical (unpaired) electrons. The fourth-order valence-electron chi connectivity index (χ4n) is 2.37. The van der Waals surface area contributed by atoms with Gasteiger partial charge in [0.05, 0.1) is 11.7 Å². The van der Waals surface area contributed by atoms with Gasteiger partial charge in [-0.3, -0.25) is 4.79 Å². The summed E-state index contributed by atoms with van der Waals surface area (Å²) >= 11 is 0. The summed E-state index contributed by atoms with van der Waals surface area (Å²) in [5, 5.41) is 2.85. The van der Waals surface area contributed by atoms with Gasteiger partial charge in [0.25, 0.3) is 5.91 Å². The molecule has 1 aromatic heterocycles. The van der Waals surface area contributed by atoms with Crippen LogP contribution in [0.1, 0.15) is 36.5 Å². The van der Waals surface area contributed by atoms with Crippen molar-refractivity contribution in [2.24, 2.45) is 0 Å². The number of amides is 1. The number of piperidine rings is 1. The molecule has 2 heterocycles. The summed E-state index contributed by atoms with van der Waals surface area (Å²) in [7, 11) is 1.77. The molecule has 110 valence electrons. The van der Waals surface area contributed by atoms with Crippen LogP contribution in [0.2, 0.25) is 0 Å². The molecule has 1 N–H and O–H groups in total. The van der Waals surface area contributed by atoms with Gasteiger partial charge in [0.1, 0.15) is 5.82 Å². The van der Waals surface area contributed by atoms with Crippen LogP contribution in [0.3, 0.4) is 0 Å². The molecule has 1 aliphatic rings. The van der Waals surface area contributed by atoms with Crippen molar-refractivity contribution in [3.63, 3.8) is 0 Å². The fourth-order valence-corrected chi connectivity index (χ4v) is 2.37. The number of methoxy groups -OCH3 is 1. The van der Waals surface area contributed by atoms with Crippen LogP contribution in [-0.2, 0) is 4.74 Å². The summed E-state index contributed by atoms with van der Waals surface area (Å²) in [6.07, 6.45) is 5.01. The van der Waals surface area contributed by atoms with E-state index in [1.165, 1.54) is 0 Å². The Kier molecular flexibility index (Phi) is 5.35. The lowest BCUT2D eigenvalue weighted by atomic mass is 10.1. The normalized spacial score (nSPS) is 16.2. The number of rotatable bonds is 5. The van der Waals surface area contributed by atoms with E-state index in [4.69, 9.17) is 4.74 Å². The highest BCUT2D eigenvalue weighted by molar-refractivity contribution is 5.94. The summed E-state index contributed by atoms with van der Waals surface area (Å²) in [4.78, 5) is 18.4. The van der Waals surface area contributed by atoms with Crippen LogP contribution in [-0.4, -0.2) is 43.7 Å². The maximum Gasteiger partial charge on any atom is 0.252 e. The van der Waals surface area contributed by atoms with E-state index in [2.05, 4.69) is 15.2 Å². The third kappa shape index (κ3) is 3.70. The third-order valence-electron chi connectivity index (χ3n) is 3.64. The van der Waals surface area contributed by atoms with Crippen LogP contribution in [0.25, 0.3) is 0 Å². The van der Waals surface area contributed by atoms with Gasteiger partial charge in [-0.1, -0.05) is 6.92 Å². The highest BCUT2D eigenvalue weighted by Crippen LogP contribution is 2.19. The van der Waals surface area contributed by atoms with Gasteiger partial charge in [-0.05, 0) is 31.4 Å². The second-order valence-corrected chi connectivity index (χ2v) is 5.08. The van der Waals surface area contributed by atoms with Crippen molar-refractivity contribution in [2.45, 2.75) is 32.3 Å². The smallest absolute Gasteiger partial charge is 0.252 e. The highest BCUT2D eigenvalue weighted by Gasteiger charge is 2.19. The molecule has 5 heteroatoms. The number of carbonyl (C=O) groups is 1. The molecule has 1 saturated heterocycles. The predicted octanol–water partition coefficient (Wildman–Crippen LogP) is 1.84. The van der Waals surface area contributed by atoms with Crippen LogP contribution >= 0.6 is 0 Å². The maximum absolute atomic E-state index is 11.8. The standard InChI is InChI=1S/C15H23N3O2/c1-3-8-16-15(19)12-4-5-14(17-11-12)18-9-6-13(20-2)7-10-18/h4-5,11,13H,3,6-10H2,1-2H3,(H,16,19). The number of carbonyl (C=O) groups excluding carboxylic acids is 1. The van der Waals surface area contributed by atoms with Gasteiger partial charge >= 0.3 is 0 Å². The SMILES string of the molecule is CCCNC(=O)c1ccc(N2CCC(OC)CC2)nc1. The number of pyridine rings is 1. The lowest BCUT2D eigenvalue weighted by Gasteiger charge is -2.32. The van der Waals surface area contributed by atoms with Crippen molar-refractivity contribution >= 4 is 11.7 Å². The molecular formula is C15H23N3O2. The molecule has 5 nitrogen and oxygen atoms in total. The van der Waals surface area contributed by atoms with Crippen LogP contribution in [0.5, 0.6) is 0 Å². The summed E-state index contributed by atoms with van der Waals surface area (Å²) in [6.45, 7) is 4.64. The van der Waals surface area contributed by atoms with Gasteiger partial charge in [0.15, 0.2) is 0 Å². The predicted molar refractivity (Wildman–Crippen MR) is 79.1 cm³/mol. The number of ether oxygens (including phenoxy) is 1. The van der Waals surface area contributed by atoms with Crippen LogP contribution in [0, 0.1) is 0 Å². The van der Waals surface area contributed by atoms with Gasteiger partial charge in [0.2, 0.25) is 0 Å². The fraction of sp³-hybridized carbons (Fsp3) is 0.600. The zero-order chi connectivity index (χ0) is 14.4. The molecule has 1 aromatic rings. The number of nitrogens with zero attached hydrogens (tertiary/aromatic N) is 2. The third-order valence-corrected chi connectivity index (χ3v) is 3.64. The summed E-state index contributed by atoms with van der Waals surface area (Å²) in [5.41, 5.74) is 0.619. The highest BCUT2D eigenvalue weighted by atomic mass is 16.5. The van der Waals surface area contributed by atoms with Crippen molar-refractivity contribution in [3.05, 3.63) is 23.9 Å². The van der Waals surface area contributed by atoms with Gasteiger partial charge in [-0.2, -0.15) is 0 Å². The Morgan fingerprint density at radius 2 is 2.20 bits per heavy atom. The van der Waals surface area contributed by atoms with Crippen LogP contribution in [0.4, 0.5) is 5.82 Å². The second kappa shape index (κ2) is 7.24. The average Bonchev–Trinajstić information content (AvgIpc) is 2.53. The number of anilines is 1. The Labute approximate surface area is 120 Å². The van der Waals surface area contributed by atoms with Crippen LogP contribution in [0.15, 0.2) is 18.3 Å². The Morgan fingerprint density at radius 3 is 2.75 bits per heavy atom. The van der Waals surface area contributed by atoms with E-state index in [1.807, 2.05) is 19.1 Å². The van der Waals surface area contributed by atoms with Crippen molar-refractivity contribution in [1.29, 1.82) is 0 Å². The Bertz CT molecular complexity index is 425. The first-order valence-electron chi connectivity index (χ1n) is 7.26. The zero-order valence-corrected chi connectivity index (χ0v) is 12.3. The summed E-state index contributed by atoms with van der Waals surface area (Å²) in [6, 6.07) is 3.77. The monoisotopic (exact) mass is 277 g/mol. The van der Waals surface area contributed by atoms with Gasteiger partial charge < -0.3 is 15.0 Å². The topological polar surface area (TPSA) is 54.5 Å². The molecule has 0 bridgehead atoms. The molecule has 1 aliphatic heterocycles. The van der Waals surface area contributed by atoms with Crippen molar-refractivity contribution in [2.75, 3.05) is 31.6 Å². The van der Waals surface area contributed by atoms with Crippen molar-refractivity contribution in [3.8, 4) is 0 Å². The molecular weight excluding hydrogens is 254 g/mol. The molecule has 0 aliphatic carbocycles. The first-order chi connectivity index (χ1) is 9.74. The van der Waals surface area contributed by atoms with E-state index in [9.17, 15) is 4.79 Å². The molecule has 0 aromatic carbocycles. The van der Waals surface area contributed by atoms with Crippen LogP contribution < -0.4 is 10.2 Å².